The van der Waals surface area contributed by atoms with Crippen molar-refractivity contribution >= 4 is 20.0 Å². The number of aldehydes is 1. The van der Waals surface area contributed by atoms with Gasteiger partial charge in [0.2, 0.25) is 0 Å². The summed E-state index contributed by atoms with van der Waals surface area (Å²) in [5, 5.41) is 10.6. The molecule has 0 amide bonds. The minimum Gasteiger partial charge on any atom is -0.298 e. The Hall–Kier alpha value is -1.93. The van der Waals surface area contributed by atoms with Gasteiger partial charge < -0.3 is 0 Å². The lowest BCUT2D eigenvalue weighted by atomic mass is 10.1. The zero-order chi connectivity index (χ0) is 13.1. The summed E-state index contributed by atoms with van der Waals surface area (Å²) >= 11 is 0. The summed E-state index contributed by atoms with van der Waals surface area (Å²) in [4.78, 5) is 20.9. The van der Waals surface area contributed by atoms with Gasteiger partial charge in [0.15, 0.2) is 6.29 Å². The number of non-ortho nitro benzene ring substituents is 1. The molecule has 0 aliphatic heterocycles. The first kappa shape index (κ1) is 13.1. The molecule has 0 atom stereocenters. The molecule has 0 aliphatic rings. The van der Waals surface area contributed by atoms with E-state index in [-0.39, 0.29) is 5.69 Å². The zero-order valence-corrected chi connectivity index (χ0v) is 11.0. The molecule has 5 heteroatoms. The number of nitro benzene ring substituents is 1. The van der Waals surface area contributed by atoms with E-state index >= 15 is 0 Å². The summed E-state index contributed by atoms with van der Waals surface area (Å²) < 4.78 is 0. The van der Waals surface area contributed by atoms with E-state index in [1.807, 2.05) is 0 Å². The lowest BCUT2D eigenvalue weighted by Crippen LogP contribution is -2.16. The number of rotatable bonds is 2. The van der Waals surface area contributed by atoms with Gasteiger partial charge in [0.1, 0.15) is 8.07 Å². The maximum atomic E-state index is 10.8. The first-order chi connectivity index (χ1) is 7.83. The van der Waals surface area contributed by atoms with E-state index in [0.717, 1.165) is 0 Å². The van der Waals surface area contributed by atoms with E-state index in [1.165, 1.54) is 18.2 Å². The Bertz CT molecular complexity index is 521. The molecule has 1 aromatic rings. The van der Waals surface area contributed by atoms with Crippen LogP contribution < -0.4 is 0 Å². The molecule has 1 aromatic carbocycles. The van der Waals surface area contributed by atoms with Gasteiger partial charge >= 0.3 is 0 Å². The Morgan fingerprint density at radius 3 is 2.47 bits per heavy atom. The lowest BCUT2D eigenvalue weighted by molar-refractivity contribution is -0.384. The molecular formula is C12H13NO3Si. The van der Waals surface area contributed by atoms with Crippen molar-refractivity contribution in [1.29, 1.82) is 0 Å². The van der Waals surface area contributed by atoms with Crippen LogP contribution in [-0.4, -0.2) is 19.3 Å². The summed E-state index contributed by atoms with van der Waals surface area (Å²) in [7, 11) is -1.57. The standard InChI is InChI=1S/C12H13NO3Si/c1-17(2,3)7-6-10-8-12(13(15)16)5-4-11(10)9-14/h4-5,8-9H,1-3H3. The number of carbonyl (C=O) groups is 1. The predicted molar refractivity (Wildman–Crippen MR) is 68.7 cm³/mol. The van der Waals surface area contributed by atoms with E-state index in [1.54, 1.807) is 0 Å². The van der Waals surface area contributed by atoms with Crippen LogP contribution in [0.5, 0.6) is 0 Å². The van der Waals surface area contributed by atoms with Crippen molar-refractivity contribution in [3.05, 3.63) is 39.4 Å². The van der Waals surface area contributed by atoms with Crippen molar-refractivity contribution in [2.45, 2.75) is 19.6 Å². The maximum Gasteiger partial charge on any atom is 0.270 e. The van der Waals surface area contributed by atoms with Gasteiger partial charge in [-0.25, -0.2) is 0 Å². The predicted octanol–water partition coefficient (Wildman–Crippen LogP) is 2.64. The monoisotopic (exact) mass is 247 g/mol. The van der Waals surface area contributed by atoms with Crippen LogP contribution in [0.2, 0.25) is 19.6 Å². The Kier molecular flexibility index (Phi) is 3.81. The van der Waals surface area contributed by atoms with Crippen LogP contribution in [-0.2, 0) is 0 Å². The van der Waals surface area contributed by atoms with Gasteiger partial charge in [-0.15, -0.1) is 5.54 Å². The van der Waals surface area contributed by atoms with Gasteiger partial charge in [0.05, 0.1) is 4.92 Å². The lowest BCUT2D eigenvalue weighted by Gasteiger charge is -2.04. The first-order valence-electron chi connectivity index (χ1n) is 5.10. The van der Waals surface area contributed by atoms with Gasteiger partial charge in [0, 0.05) is 23.3 Å². The smallest absolute Gasteiger partial charge is 0.270 e. The van der Waals surface area contributed by atoms with E-state index in [4.69, 9.17) is 0 Å². The molecule has 1 rings (SSSR count). The summed E-state index contributed by atoms with van der Waals surface area (Å²) in [5.74, 6) is 2.88. The highest BCUT2D eigenvalue weighted by Gasteiger charge is 2.11. The summed E-state index contributed by atoms with van der Waals surface area (Å²) in [6.45, 7) is 6.20. The number of nitro groups is 1. The van der Waals surface area contributed by atoms with Crippen molar-refractivity contribution in [3.63, 3.8) is 0 Å². The molecular weight excluding hydrogens is 234 g/mol. The number of nitrogens with zero attached hydrogens (tertiary/aromatic N) is 1. The van der Waals surface area contributed by atoms with E-state index in [0.29, 0.717) is 17.4 Å². The summed E-state index contributed by atoms with van der Waals surface area (Å²) in [6, 6.07) is 4.08. The molecule has 88 valence electrons. The number of hydrogen-bond donors (Lipinski definition) is 0. The van der Waals surface area contributed by atoms with Crippen molar-refractivity contribution in [2.24, 2.45) is 0 Å². The molecule has 0 saturated heterocycles. The topological polar surface area (TPSA) is 60.2 Å². The quantitative estimate of drug-likeness (QED) is 0.265. The molecule has 0 saturated carbocycles. The fourth-order valence-corrected chi connectivity index (χ4v) is 1.63. The van der Waals surface area contributed by atoms with Gasteiger partial charge in [-0.05, 0) is 6.07 Å². The second-order valence-corrected chi connectivity index (χ2v) is 9.40. The molecule has 0 radical (unpaired) electrons. The second-order valence-electron chi connectivity index (χ2n) is 4.65. The van der Waals surface area contributed by atoms with Gasteiger partial charge in [-0.2, -0.15) is 0 Å². The molecule has 0 unspecified atom stereocenters. The van der Waals surface area contributed by atoms with E-state index < -0.39 is 13.0 Å². The normalized spacial score (nSPS) is 10.3. The van der Waals surface area contributed by atoms with E-state index in [2.05, 4.69) is 31.1 Å². The third-order valence-corrected chi connectivity index (χ3v) is 2.82. The fraction of sp³-hybridized carbons (Fsp3) is 0.250. The third-order valence-electron chi connectivity index (χ3n) is 1.95. The fourth-order valence-electron chi connectivity index (χ4n) is 1.12. The Balaban J connectivity index is 3.27. The summed E-state index contributed by atoms with van der Waals surface area (Å²) in [5.41, 5.74) is 3.86. The molecule has 0 fully saturated rings. The molecule has 0 spiro atoms. The maximum absolute atomic E-state index is 10.8. The SMILES string of the molecule is C[Si](C)(C)C#Cc1cc([N+](=O)[O-])ccc1C=O. The zero-order valence-electron chi connectivity index (χ0n) is 9.98. The molecule has 0 N–H and O–H groups in total. The average molecular weight is 247 g/mol. The number of benzene rings is 1. The highest BCUT2D eigenvalue weighted by atomic mass is 28.3. The van der Waals surface area contributed by atoms with Crippen LogP contribution in [0, 0.1) is 21.6 Å². The van der Waals surface area contributed by atoms with Crippen LogP contribution in [0.4, 0.5) is 5.69 Å². The van der Waals surface area contributed by atoms with Crippen molar-refractivity contribution in [3.8, 4) is 11.5 Å². The third kappa shape index (κ3) is 3.85. The Morgan fingerprint density at radius 2 is 2.00 bits per heavy atom. The molecule has 0 bridgehead atoms. The van der Waals surface area contributed by atoms with Crippen molar-refractivity contribution in [1.82, 2.24) is 0 Å². The average Bonchev–Trinajstić information content (AvgIpc) is 2.24. The van der Waals surface area contributed by atoms with Crippen LogP contribution in [0.3, 0.4) is 0 Å². The van der Waals surface area contributed by atoms with Gasteiger partial charge in [-0.1, -0.05) is 25.6 Å². The molecule has 0 aliphatic carbocycles. The number of hydrogen-bond acceptors (Lipinski definition) is 3. The summed E-state index contributed by atoms with van der Waals surface area (Å²) in [6.07, 6.45) is 0.665. The van der Waals surface area contributed by atoms with Crippen LogP contribution >= 0.6 is 0 Å². The van der Waals surface area contributed by atoms with Gasteiger partial charge in [0.25, 0.3) is 5.69 Å². The Labute approximate surface area is 101 Å². The second kappa shape index (κ2) is 4.93. The molecule has 0 aromatic heterocycles. The first-order valence-corrected chi connectivity index (χ1v) is 8.60. The van der Waals surface area contributed by atoms with Crippen LogP contribution in [0.15, 0.2) is 18.2 Å². The number of carbonyl (C=O) groups excluding carboxylic acids is 1. The molecule has 0 heterocycles. The highest BCUT2D eigenvalue weighted by Crippen LogP contribution is 2.16. The van der Waals surface area contributed by atoms with Gasteiger partial charge in [-0.3, -0.25) is 14.9 Å². The minimum absolute atomic E-state index is 0.0459. The Morgan fingerprint density at radius 1 is 1.35 bits per heavy atom. The van der Waals surface area contributed by atoms with E-state index in [9.17, 15) is 14.9 Å². The minimum atomic E-state index is -1.57. The van der Waals surface area contributed by atoms with Crippen LogP contribution in [0.1, 0.15) is 15.9 Å². The highest BCUT2D eigenvalue weighted by molar-refractivity contribution is 6.83. The van der Waals surface area contributed by atoms with Crippen LogP contribution in [0.25, 0.3) is 0 Å². The molecule has 17 heavy (non-hydrogen) atoms. The van der Waals surface area contributed by atoms with Crippen molar-refractivity contribution < 1.29 is 9.72 Å². The molecule has 4 nitrogen and oxygen atoms in total. The largest absolute Gasteiger partial charge is 0.298 e. The van der Waals surface area contributed by atoms with Crippen molar-refractivity contribution in [2.75, 3.05) is 0 Å².